The van der Waals surface area contributed by atoms with E-state index < -0.39 is 0 Å². The Morgan fingerprint density at radius 3 is 2.57 bits per heavy atom. The number of hydrogen-bond donors (Lipinski definition) is 0. The second kappa shape index (κ2) is 6.79. The molecule has 5 nitrogen and oxygen atoms in total. The molecule has 4 rings (SSSR count). The minimum Gasteiger partial charge on any atom is -0.293 e. The second-order valence-electron chi connectivity index (χ2n) is 6.92. The van der Waals surface area contributed by atoms with Crippen LogP contribution in [0.4, 0.5) is 0 Å². The van der Waals surface area contributed by atoms with Crippen molar-refractivity contribution in [1.29, 1.82) is 0 Å². The lowest BCUT2D eigenvalue weighted by molar-refractivity contribution is 0.184. The van der Waals surface area contributed by atoms with Crippen molar-refractivity contribution in [3.63, 3.8) is 0 Å². The third-order valence-electron chi connectivity index (χ3n) is 5.17. The summed E-state index contributed by atoms with van der Waals surface area (Å²) in [7, 11) is 0. The first kappa shape index (κ1) is 14.8. The lowest BCUT2D eigenvalue weighted by Crippen LogP contribution is -2.35. The predicted octanol–water partition coefficient (Wildman–Crippen LogP) is 3.00. The van der Waals surface area contributed by atoms with Crippen LogP contribution in [0, 0.1) is 0 Å². The van der Waals surface area contributed by atoms with E-state index in [2.05, 4.69) is 55.4 Å². The number of rotatable bonds is 7. The summed E-state index contributed by atoms with van der Waals surface area (Å²) in [5, 5.41) is 12.4. The zero-order valence-corrected chi connectivity index (χ0v) is 13.6. The van der Waals surface area contributed by atoms with Crippen LogP contribution < -0.4 is 0 Å². The zero-order valence-electron chi connectivity index (χ0n) is 13.6. The largest absolute Gasteiger partial charge is 0.293 e. The minimum absolute atomic E-state index is 0.555. The molecule has 0 atom stereocenters. The molecule has 0 unspecified atom stereocenters. The molecular formula is C18H25N5. The van der Waals surface area contributed by atoms with Gasteiger partial charge < -0.3 is 0 Å². The molecule has 2 aliphatic rings. The standard InChI is InChI=1S/C18H25N5/c1-2-6-15(7-3-1)12-13-22(16-8-4-5-9-16)14-18-19-20-21-23(18)17-10-11-17/h1-3,6-7,16-17H,4-5,8-14H2. The van der Waals surface area contributed by atoms with Gasteiger partial charge in [0.25, 0.3) is 0 Å². The normalized spacial score (nSPS) is 18.8. The van der Waals surface area contributed by atoms with E-state index in [-0.39, 0.29) is 0 Å². The molecule has 0 saturated heterocycles. The highest BCUT2D eigenvalue weighted by Crippen LogP contribution is 2.35. The Bertz CT molecular complexity index is 613. The van der Waals surface area contributed by atoms with Crippen LogP contribution in [0.3, 0.4) is 0 Å². The van der Waals surface area contributed by atoms with Gasteiger partial charge in [-0.15, -0.1) is 5.10 Å². The first-order chi connectivity index (χ1) is 11.4. The lowest BCUT2D eigenvalue weighted by Gasteiger charge is -2.28. The monoisotopic (exact) mass is 311 g/mol. The number of nitrogens with zero attached hydrogens (tertiary/aromatic N) is 5. The van der Waals surface area contributed by atoms with Gasteiger partial charge in [0.15, 0.2) is 5.82 Å². The van der Waals surface area contributed by atoms with Crippen molar-refractivity contribution in [1.82, 2.24) is 25.1 Å². The molecule has 0 bridgehead atoms. The Balaban J connectivity index is 1.45. The molecule has 2 fully saturated rings. The minimum atomic E-state index is 0.555. The smallest absolute Gasteiger partial charge is 0.165 e. The predicted molar refractivity (Wildman–Crippen MR) is 88.9 cm³/mol. The molecule has 5 heteroatoms. The molecule has 2 saturated carbocycles. The lowest BCUT2D eigenvalue weighted by atomic mass is 10.1. The first-order valence-corrected chi connectivity index (χ1v) is 8.95. The van der Waals surface area contributed by atoms with Crippen molar-refractivity contribution < 1.29 is 0 Å². The molecule has 0 aliphatic heterocycles. The Morgan fingerprint density at radius 1 is 1.04 bits per heavy atom. The van der Waals surface area contributed by atoms with E-state index in [0.29, 0.717) is 12.1 Å². The highest BCUT2D eigenvalue weighted by Gasteiger charge is 2.30. The van der Waals surface area contributed by atoms with Crippen molar-refractivity contribution in [2.45, 2.75) is 63.6 Å². The molecule has 0 radical (unpaired) electrons. The molecule has 0 N–H and O–H groups in total. The van der Waals surface area contributed by atoms with Gasteiger partial charge in [0.2, 0.25) is 0 Å². The van der Waals surface area contributed by atoms with Crippen molar-refractivity contribution in [3.8, 4) is 0 Å². The summed E-state index contributed by atoms with van der Waals surface area (Å²) in [5.41, 5.74) is 1.41. The molecule has 0 amide bonds. The summed E-state index contributed by atoms with van der Waals surface area (Å²) < 4.78 is 2.06. The zero-order chi connectivity index (χ0) is 15.5. The van der Waals surface area contributed by atoms with Crippen molar-refractivity contribution >= 4 is 0 Å². The third-order valence-corrected chi connectivity index (χ3v) is 5.17. The fraction of sp³-hybridized carbons (Fsp3) is 0.611. The van der Waals surface area contributed by atoms with Gasteiger partial charge in [-0.05, 0) is 48.1 Å². The second-order valence-corrected chi connectivity index (χ2v) is 6.92. The van der Waals surface area contributed by atoms with Gasteiger partial charge in [0, 0.05) is 12.6 Å². The molecule has 122 valence electrons. The molecule has 0 spiro atoms. The number of benzene rings is 1. The molecule has 2 aliphatic carbocycles. The topological polar surface area (TPSA) is 46.8 Å². The number of aromatic nitrogens is 4. The summed E-state index contributed by atoms with van der Waals surface area (Å²) in [6, 6.07) is 12.0. The number of hydrogen-bond acceptors (Lipinski definition) is 4. The van der Waals surface area contributed by atoms with Gasteiger partial charge in [-0.25, -0.2) is 4.68 Å². The maximum absolute atomic E-state index is 4.30. The van der Waals surface area contributed by atoms with Crippen LogP contribution in [0.1, 0.15) is 56.0 Å². The van der Waals surface area contributed by atoms with Crippen LogP contribution in [-0.2, 0) is 13.0 Å². The van der Waals surface area contributed by atoms with Crippen molar-refractivity contribution in [2.75, 3.05) is 6.54 Å². The third kappa shape index (κ3) is 3.61. The Kier molecular flexibility index (Phi) is 4.37. The average molecular weight is 311 g/mol. The molecule has 2 aromatic rings. The van der Waals surface area contributed by atoms with E-state index in [0.717, 1.165) is 25.3 Å². The van der Waals surface area contributed by atoms with Crippen LogP contribution in [0.15, 0.2) is 30.3 Å². The summed E-state index contributed by atoms with van der Waals surface area (Å²) >= 11 is 0. The highest BCUT2D eigenvalue weighted by atomic mass is 15.6. The maximum atomic E-state index is 4.30. The van der Waals surface area contributed by atoms with E-state index in [4.69, 9.17) is 0 Å². The number of tetrazole rings is 1. The van der Waals surface area contributed by atoms with E-state index in [9.17, 15) is 0 Å². The summed E-state index contributed by atoms with van der Waals surface area (Å²) in [6.45, 7) is 1.98. The SMILES string of the molecule is c1ccc(CCN(Cc2nnnn2C2CC2)C2CCCC2)cc1. The maximum Gasteiger partial charge on any atom is 0.165 e. The van der Waals surface area contributed by atoms with Gasteiger partial charge >= 0.3 is 0 Å². The summed E-state index contributed by atoms with van der Waals surface area (Å²) in [5.74, 6) is 1.05. The molecule has 23 heavy (non-hydrogen) atoms. The highest BCUT2D eigenvalue weighted by molar-refractivity contribution is 5.15. The van der Waals surface area contributed by atoms with Crippen LogP contribution in [0.25, 0.3) is 0 Å². The van der Waals surface area contributed by atoms with Crippen LogP contribution in [-0.4, -0.2) is 37.7 Å². The Morgan fingerprint density at radius 2 is 1.83 bits per heavy atom. The summed E-state index contributed by atoms with van der Waals surface area (Å²) in [6.07, 6.45) is 8.92. The van der Waals surface area contributed by atoms with Crippen LogP contribution in [0.2, 0.25) is 0 Å². The first-order valence-electron chi connectivity index (χ1n) is 8.95. The van der Waals surface area contributed by atoms with E-state index in [1.807, 2.05) is 0 Å². The van der Waals surface area contributed by atoms with Gasteiger partial charge in [0.05, 0.1) is 12.6 Å². The molecular weight excluding hydrogens is 286 g/mol. The van der Waals surface area contributed by atoms with E-state index in [1.165, 1.54) is 44.1 Å². The van der Waals surface area contributed by atoms with Crippen LogP contribution in [0.5, 0.6) is 0 Å². The van der Waals surface area contributed by atoms with E-state index >= 15 is 0 Å². The fourth-order valence-corrected chi connectivity index (χ4v) is 3.68. The van der Waals surface area contributed by atoms with E-state index in [1.54, 1.807) is 0 Å². The van der Waals surface area contributed by atoms with Gasteiger partial charge in [-0.1, -0.05) is 43.2 Å². The van der Waals surface area contributed by atoms with Crippen LogP contribution >= 0.6 is 0 Å². The van der Waals surface area contributed by atoms with Crippen molar-refractivity contribution in [3.05, 3.63) is 41.7 Å². The summed E-state index contributed by atoms with van der Waals surface area (Å²) in [4.78, 5) is 2.62. The van der Waals surface area contributed by atoms with Crippen molar-refractivity contribution in [2.24, 2.45) is 0 Å². The quantitative estimate of drug-likeness (QED) is 0.788. The molecule has 1 heterocycles. The molecule has 1 aromatic heterocycles. The molecule has 1 aromatic carbocycles. The van der Waals surface area contributed by atoms with Gasteiger partial charge in [-0.3, -0.25) is 4.90 Å². The fourth-order valence-electron chi connectivity index (χ4n) is 3.68. The average Bonchev–Trinajstić information content (AvgIpc) is 3.10. The van der Waals surface area contributed by atoms with Gasteiger partial charge in [-0.2, -0.15) is 0 Å². The Hall–Kier alpha value is -1.75. The van der Waals surface area contributed by atoms with Gasteiger partial charge in [0.1, 0.15) is 0 Å². The Labute approximate surface area is 137 Å².